The van der Waals surface area contributed by atoms with Crippen LogP contribution in [0.3, 0.4) is 0 Å². The van der Waals surface area contributed by atoms with E-state index in [2.05, 4.69) is 35.1 Å². The smallest absolute Gasteiger partial charge is 0.303 e. The summed E-state index contributed by atoms with van der Waals surface area (Å²) in [6.45, 7) is 6.37. The van der Waals surface area contributed by atoms with E-state index in [9.17, 15) is 9.59 Å². The molecular formula is C16H22BrNO3. The SMILES string of the molecule is Cc1cc(Br)ccc1C(=O)NCC(CC(=O)O)CC(C)C. The fraction of sp³-hybridized carbons (Fsp3) is 0.500. The molecule has 0 heterocycles. The Balaban J connectivity index is 2.65. The maximum absolute atomic E-state index is 12.2. The Kier molecular flexibility index (Phi) is 6.89. The lowest BCUT2D eigenvalue weighted by atomic mass is 9.94. The number of aliphatic carboxylic acids is 1. The zero-order valence-electron chi connectivity index (χ0n) is 12.6. The van der Waals surface area contributed by atoms with Gasteiger partial charge in [0.05, 0.1) is 0 Å². The summed E-state index contributed by atoms with van der Waals surface area (Å²) in [6.07, 6.45) is 0.865. The highest BCUT2D eigenvalue weighted by atomic mass is 79.9. The molecular weight excluding hydrogens is 334 g/mol. The van der Waals surface area contributed by atoms with Crippen LogP contribution in [0.1, 0.15) is 42.6 Å². The van der Waals surface area contributed by atoms with Gasteiger partial charge in [0.25, 0.3) is 5.91 Å². The van der Waals surface area contributed by atoms with Gasteiger partial charge in [-0.15, -0.1) is 0 Å². The number of carbonyl (C=O) groups excluding carboxylic acids is 1. The van der Waals surface area contributed by atoms with Crippen LogP contribution < -0.4 is 5.32 Å². The van der Waals surface area contributed by atoms with Crippen molar-refractivity contribution >= 4 is 27.8 Å². The van der Waals surface area contributed by atoms with Crippen LogP contribution in [0, 0.1) is 18.8 Å². The van der Waals surface area contributed by atoms with Gasteiger partial charge in [-0.2, -0.15) is 0 Å². The summed E-state index contributed by atoms with van der Waals surface area (Å²) in [6, 6.07) is 5.48. The van der Waals surface area contributed by atoms with E-state index in [1.54, 1.807) is 6.07 Å². The van der Waals surface area contributed by atoms with Crippen LogP contribution in [0.5, 0.6) is 0 Å². The van der Waals surface area contributed by atoms with Gasteiger partial charge in [0.1, 0.15) is 0 Å². The predicted molar refractivity (Wildman–Crippen MR) is 86.4 cm³/mol. The molecule has 0 saturated heterocycles. The largest absolute Gasteiger partial charge is 0.481 e. The van der Waals surface area contributed by atoms with E-state index in [0.717, 1.165) is 16.5 Å². The van der Waals surface area contributed by atoms with Gasteiger partial charge in [-0.05, 0) is 48.9 Å². The second kappa shape index (κ2) is 8.17. The van der Waals surface area contributed by atoms with E-state index in [-0.39, 0.29) is 18.2 Å². The van der Waals surface area contributed by atoms with Crippen molar-refractivity contribution in [3.8, 4) is 0 Å². The van der Waals surface area contributed by atoms with Gasteiger partial charge in [-0.1, -0.05) is 29.8 Å². The molecule has 0 fully saturated rings. The number of halogens is 1. The van der Waals surface area contributed by atoms with Crippen LogP contribution >= 0.6 is 15.9 Å². The first-order valence-corrected chi connectivity index (χ1v) is 7.85. The summed E-state index contributed by atoms with van der Waals surface area (Å²) in [4.78, 5) is 23.1. The molecule has 116 valence electrons. The quantitative estimate of drug-likeness (QED) is 0.784. The minimum Gasteiger partial charge on any atom is -0.481 e. The molecule has 0 aromatic heterocycles. The number of carbonyl (C=O) groups is 2. The number of aryl methyl sites for hydroxylation is 1. The Morgan fingerprint density at radius 3 is 2.52 bits per heavy atom. The monoisotopic (exact) mass is 355 g/mol. The van der Waals surface area contributed by atoms with E-state index in [1.165, 1.54) is 0 Å². The molecule has 0 spiro atoms. The number of benzene rings is 1. The first-order chi connectivity index (χ1) is 9.79. The third-order valence-corrected chi connectivity index (χ3v) is 3.75. The zero-order valence-corrected chi connectivity index (χ0v) is 14.2. The van der Waals surface area contributed by atoms with Crippen LogP contribution in [-0.4, -0.2) is 23.5 Å². The summed E-state index contributed by atoms with van der Waals surface area (Å²) in [7, 11) is 0. The first-order valence-electron chi connectivity index (χ1n) is 7.05. The van der Waals surface area contributed by atoms with Gasteiger partial charge in [-0.25, -0.2) is 0 Å². The van der Waals surface area contributed by atoms with E-state index >= 15 is 0 Å². The highest BCUT2D eigenvalue weighted by Gasteiger charge is 2.17. The molecule has 2 N–H and O–H groups in total. The fourth-order valence-corrected chi connectivity index (χ4v) is 2.84. The van der Waals surface area contributed by atoms with Crippen molar-refractivity contribution in [2.24, 2.45) is 11.8 Å². The van der Waals surface area contributed by atoms with Gasteiger partial charge in [0.2, 0.25) is 0 Å². The minimum absolute atomic E-state index is 0.0396. The first kappa shape index (κ1) is 17.7. The fourth-order valence-electron chi connectivity index (χ4n) is 2.37. The van der Waals surface area contributed by atoms with Crippen molar-refractivity contribution in [2.75, 3.05) is 6.54 Å². The number of carboxylic acids is 1. The second-order valence-corrected chi connectivity index (χ2v) is 6.68. The summed E-state index contributed by atoms with van der Waals surface area (Å²) in [5.41, 5.74) is 1.51. The van der Waals surface area contributed by atoms with Crippen molar-refractivity contribution in [1.29, 1.82) is 0 Å². The number of hydrogen-bond donors (Lipinski definition) is 2. The van der Waals surface area contributed by atoms with Crippen LogP contribution in [0.4, 0.5) is 0 Å². The molecule has 1 rings (SSSR count). The van der Waals surface area contributed by atoms with Crippen molar-refractivity contribution < 1.29 is 14.7 Å². The lowest BCUT2D eigenvalue weighted by Gasteiger charge is -2.18. The molecule has 4 nitrogen and oxygen atoms in total. The van der Waals surface area contributed by atoms with E-state index in [0.29, 0.717) is 18.0 Å². The van der Waals surface area contributed by atoms with Crippen LogP contribution in [-0.2, 0) is 4.79 Å². The summed E-state index contributed by atoms with van der Waals surface area (Å²) in [5.74, 6) is -0.614. The van der Waals surface area contributed by atoms with E-state index in [4.69, 9.17) is 5.11 Å². The number of hydrogen-bond acceptors (Lipinski definition) is 2. The summed E-state index contributed by atoms with van der Waals surface area (Å²) in [5, 5.41) is 11.8. The average Bonchev–Trinajstić information content (AvgIpc) is 2.34. The molecule has 1 aromatic carbocycles. The molecule has 0 aliphatic heterocycles. The highest BCUT2D eigenvalue weighted by molar-refractivity contribution is 9.10. The molecule has 1 aromatic rings. The van der Waals surface area contributed by atoms with Gasteiger partial charge >= 0.3 is 5.97 Å². The lowest BCUT2D eigenvalue weighted by molar-refractivity contribution is -0.138. The summed E-state index contributed by atoms with van der Waals surface area (Å²) >= 11 is 3.36. The normalized spacial score (nSPS) is 12.2. The Labute approximate surface area is 134 Å². The van der Waals surface area contributed by atoms with E-state index in [1.807, 2.05) is 19.1 Å². The molecule has 1 unspecified atom stereocenters. The maximum atomic E-state index is 12.2. The number of nitrogens with one attached hydrogen (secondary N) is 1. The van der Waals surface area contributed by atoms with Gasteiger partial charge in [-0.3, -0.25) is 9.59 Å². The minimum atomic E-state index is -0.824. The molecule has 1 atom stereocenters. The third kappa shape index (κ3) is 6.29. The maximum Gasteiger partial charge on any atom is 0.303 e. The number of amides is 1. The Bertz CT molecular complexity index is 514. The summed E-state index contributed by atoms with van der Waals surface area (Å²) < 4.78 is 0.931. The number of carboxylic acid groups (broad SMARTS) is 1. The molecule has 0 radical (unpaired) electrons. The standard InChI is InChI=1S/C16H22BrNO3/c1-10(2)6-12(8-15(19)20)9-18-16(21)14-5-4-13(17)7-11(14)3/h4-5,7,10,12H,6,8-9H2,1-3H3,(H,18,21)(H,19,20). The van der Waals surface area contributed by atoms with Gasteiger partial charge < -0.3 is 10.4 Å². The van der Waals surface area contributed by atoms with Gasteiger partial charge in [0, 0.05) is 23.0 Å². The molecule has 21 heavy (non-hydrogen) atoms. The van der Waals surface area contributed by atoms with Gasteiger partial charge in [0.15, 0.2) is 0 Å². The highest BCUT2D eigenvalue weighted by Crippen LogP contribution is 2.17. The topological polar surface area (TPSA) is 66.4 Å². The van der Waals surface area contributed by atoms with Crippen molar-refractivity contribution in [3.05, 3.63) is 33.8 Å². The molecule has 0 aliphatic carbocycles. The van der Waals surface area contributed by atoms with Crippen molar-refractivity contribution in [3.63, 3.8) is 0 Å². The zero-order chi connectivity index (χ0) is 16.0. The van der Waals surface area contributed by atoms with Crippen LogP contribution in [0.15, 0.2) is 22.7 Å². The molecule has 0 saturated carbocycles. The Morgan fingerprint density at radius 2 is 2.00 bits per heavy atom. The second-order valence-electron chi connectivity index (χ2n) is 5.76. The number of rotatable bonds is 7. The van der Waals surface area contributed by atoms with E-state index < -0.39 is 5.97 Å². The van der Waals surface area contributed by atoms with Crippen molar-refractivity contribution in [1.82, 2.24) is 5.32 Å². The third-order valence-electron chi connectivity index (χ3n) is 3.25. The molecule has 0 aliphatic rings. The predicted octanol–water partition coefficient (Wildman–Crippen LogP) is 3.62. The van der Waals surface area contributed by atoms with Crippen LogP contribution in [0.25, 0.3) is 0 Å². The molecule has 5 heteroatoms. The van der Waals surface area contributed by atoms with Crippen molar-refractivity contribution in [2.45, 2.75) is 33.6 Å². The molecule has 0 bridgehead atoms. The molecule has 1 amide bonds. The Hall–Kier alpha value is -1.36. The lowest BCUT2D eigenvalue weighted by Crippen LogP contribution is -2.31. The average molecular weight is 356 g/mol. The Morgan fingerprint density at radius 1 is 1.33 bits per heavy atom. The van der Waals surface area contributed by atoms with Crippen LogP contribution in [0.2, 0.25) is 0 Å².